The number of carbonyl (C=O) groups is 1. The first-order chi connectivity index (χ1) is 12.1. The molecule has 1 atom stereocenters. The molecule has 1 aromatic rings. The highest BCUT2D eigenvalue weighted by atomic mass is 32.1. The Morgan fingerprint density at radius 3 is 2.56 bits per heavy atom. The minimum Gasteiger partial charge on any atom is -0.481 e. The zero-order valence-electron chi connectivity index (χ0n) is 15.3. The Kier molecular flexibility index (Phi) is 10.8. The van der Waals surface area contributed by atoms with E-state index in [-0.39, 0.29) is 5.92 Å². The maximum absolute atomic E-state index is 11.1. The van der Waals surface area contributed by atoms with Crippen molar-refractivity contribution in [2.45, 2.75) is 58.3 Å². The highest BCUT2D eigenvalue weighted by Crippen LogP contribution is 2.15. The molecule has 0 bridgehead atoms. The highest BCUT2D eigenvalue weighted by molar-refractivity contribution is 7.80. The fourth-order valence-electron chi connectivity index (χ4n) is 2.85. The monoisotopic (exact) mass is 361 g/mol. The number of aliphatic carboxylic acids is 1. The summed E-state index contributed by atoms with van der Waals surface area (Å²) in [4.78, 5) is 12.0. The maximum atomic E-state index is 11.1. The zero-order chi connectivity index (χ0) is 18.5. The first-order valence-corrected chi connectivity index (χ1v) is 9.68. The number of thiocarbonyl (C=S) groups is 1. The van der Waals surface area contributed by atoms with Crippen molar-refractivity contribution in [3.8, 4) is 0 Å². The maximum Gasteiger partial charge on any atom is 0.306 e. The average Bonchev–Trinajstić information content (AvgIpc) is 2.61. The van der Waals surface area contributed by atoms with E-state index in [0.29, 0.717) is 0 Å². The van der Waals surface area contributed by atoms with Gasteiger partial charge in [0.15, 0.2) is 0 Å². The first-order valence-electron chi connectivity index (χ1n) is 9.27. The minimum absolute atomic E-state index is 0.190. The second kappa shape index (κ2) is 12.6. The predicted molar refractivity (Wildman–Crippen MR) is 110 cm³/mol. The molecule has 0 amide bonds. The van der Waals surface area contributed by atoms with Gasteiger partial charge in [-0.25, -0.2) is 0 Å². The third kappa shape index (κ3) is 9.40. The highest BCUT2D eigenvalue weighted by Gasteiger charge is 2.15. The molecular formula is C21H31NO2S. The van der Waals surface area contributed by atoms with E-state index in [0.717, 1.165) is 68.5 Å². The van der Waals surface area contributed by atoms with Crippen molar-refractivity contribution >= 4 is 29.3 Å². The average molecular weight is 362 g/mol. The summed E-state index contributed by atoms with van der Waals surface area (Å²) in [6.07, 6.45) is 9.17. The zero-order valence-corrected chi connectivity index (χ0v) is 16.1. The van der Waals surface area contributed by atoms with Crippen molar-refractivity contribution in [3.63, 3.8) is 0 Å². The number of benzene rings is 1. The summed E-state index contributed by atoms with van der Waals surface area (Å²) in [5.41, 5.74) is 2.47. The Hall–Kier alpha value is -1.68. The van der Waals surface area contributed by atoms with Crippen LogP contribution in [0.15, 0.2) is 30.8 Å². The number of carboxylic acid groups (broad SMARTS) is 1. The van der Waals surface area contributed by atoms with Crippen molar-refractivity contribution in [2.75, 3.05) is 6.54 Å². The summed E-state index contributed by atoms with van der Waals surface area (Å²) in [6.45, 7) is 6.63. The van der Waals surface area contributed by atoms with Gasteiger partial charge >= 0.3 is 5.97 Å². The lowest BCUT2D eigenvalue weighted by Crippen LogP contribution is -2.23. The van der Waals surface area contributed by atoms with Crippen molar-refractivity contribution < 1.29 is 9.90 Å². The van der Waals surface area contributed by atoms with Crippen LogP contribution in [0.5, 0.6) is 0 Å². The molecule has 3 nitrogen and oxygen atoms in total. The summed E-state index contributed by atoms with van der Waals surface area (Å²) in [6, 6.07) is 8.45. The van der Waals surface area contributed by atoms with Crippen molar-refractivity contribution in [1.82, 2.24) is 5.32 Å². The van der Waals surface area contributed by atoms with Gasteiger partial charge in [-0.05, 0) is 49.7 Å². The Morgan fingerprint density at radius 2 is 1.96 bits per heavy atom. The summed E-state index contributed by atoms with van der Waals surface area (Å²) < 4.78 is 0. The van der Waals surface area contributed by atoms with Gasteiger partial charge in [0.05, 0.1) is 10.9 Å². The van der Waals surface area contributed by atoms with Crippen LogP contribution in [0.2, 0.25) is 0 Å². The lowest BCUT2D eigenvalue weighted by Gasteiger charge is -2.11. The van der Waals surface area contributed by atoms with Gasteiger partial charge in [0.2, 0.25) is 0 Å². The molecule has 0 aliphatic heterocycles. The molecule has 0 aromatic heterocycles. The molecule has 0 fully saturated rings. The Bertz CT molecular complexity index is 539. The molecule has 2 N–H and O–H groups in total. The predicted octanol–water partition coefficient (Wildman–Crippen LogP) is 5.24. The second-order valence-corrected chi connectivity index (χ2v) is 6.96. The van der Waals surface area contributed by atoms with E-state index >= 15 is 0 Å². The molecule has 1 aromatic carbocycles. The molecule has 0 radical (unpaired) electrons. The van der Waals surface area contributed by atoms with Gasteiger partial charge in [-0.2, -0.15) is 0 Å². The minimum atomic E-state index is -0.661. The summed E-state index contributed by atoms with van der Waals surface area (Å²) >= 11 is 5.37. The van der Waals surface area contributed by atoms with Crippen LogP contribution in [-0.2, 0) is 11.2 Å². The van der Waals surface area contributed by atoms with Crippen LogP contribution in [-0.4, -0.2) is 22.6 Å². The Labute approximate surface area is 157 Å². The van der Waals surface area contributed by atoms with Gasteiger partial charge < -0.3 is 10.4 Å². The number of unbranched alkanes of at least 4 members (excludes halogenated alkanes) is 1. The number of hydrogen-bond donors (Lipinski definition) is 2. The van der Waals surface area contributed by atoms with Gasteiger partial charge in [0.25, 0.3) is 0 Å². The smallest absolute Gasteiger partial charge is 0.306 e. The van der Waals surface area contributed by atoms with Gasteiger partial charge in [-0.1, -0.05) is 68.9 Å². The topological polar surface area (TPSA) is 49.3 Å². The lowest BCUT2D eigenvalue weighted by atomic mass is 9.97. The lowest BCUT2D eigenvalue weighted by molar-refractivity contribution is -0.142. The van der Waals surface area contributed by atoms with Crippen LogP contribution in [0.25, 0.3) is 6.08 Å². The number of aryl methyl sites for hydroxylation is 1. The molecule has 1 unspecified atom stereocenters. The molecule has 0 aliphatic rings. The van der Waals surface area contributed by atoms with E-state index in [2.05, 4.69) is 36.2 Å². The largest absolute Gasteiger partial charge is 0.481 e. The molecule has 0 spiro atoms. The molecule has 4 heteroatoms. The number of nitrogens with one attached hydrogen (secondary N) is 1. The van der Waals surface area contributed by atoms with Gasteiger partial charge in [-0.3, -0.25) is 4.79 Å². The molecule has 138 valence electrons. The third-order valence-electron chi connectivity index (χ3n) is 4.37. The molecule has 0 saturated carbocycles. The quantitative estimate of drug-likeness (QED) is 0.372. The number of carboxylic acids is 1. The summed E-state index contributed by atoms with van der Waals surface area (Å²) in [5.74, 6) is -0.851. The second-order valence-electron chi connectivity index (χ2n) is 6.47. The summed E-state index contributed by atoms with van der Waals surface area (Å²) in [5, 5.41) is 12.4. The van der Waals surface area contributed by atoms with Crippen LogP contribution in [0.4, 0.5) is 0 Å². The van der Waals surface area contributed by atoms with Crippen LogP contribution < -0.4 is 5.32 Å². The SMILES string of the molecule is C=Cc1ccc(CCCC(=S)NCCCCC(CCC)C(=O)O)cc1. The molecular weight excluding hydrogens is 330 g/mol. The first kappa shape index (κ1) is 21.4. The van der Waals surface area contributed by atoms with Crippen LogP contribution in [0, 0.1) is 5.92 Å². The van der Waals surface area contributed by atoms with Crippen LogP contribution >= 0.6 is 12.2 Å². The van der Waals surface area contributed by atoms with E-state index in [1.807, 2.05) is 13.0 Å². The molecule has 0 heterocycles. The van der Waals surface area contributed by atoms with E-state index in [4.69, 9.17) is 17.3 Å². The fourth-order valence-corrected chi connectivity index (χ4v) is 3.09. The summed E-state index contributed by atoms with van der Waals surface area (Å²) in [7, 11) is 0. The normalized spacial score (nSPS) is 11.7. The van der Waals surface area contributed by atoms with Crippen LogP contribution in [0.1, 0.15) is 63.0 Å². The van der Waals surface area contributed by atoms with Gasteiger partial charge in [0.1, 0.15) is 0 Å². The Balaban J connectivity index is 2.10. The van der Waals surface area contributed by atoms with Crippen LogP contribution in [0.3, 0.4) is 0 Å². The van der Waals surface area contributed by atoms with E-state index in [1.54, 1.807) is 0 Å². The van der Waals surface area contributed by atoms with Gasteiger partial charge in [-0.15, -0.1) is 0 Å². The van der Waals surface area contributed by atoms with Crippen molar-refractivity contribution in [1.29, 1.82) is 0 Å². The van der Waals surface area contributed by atoms with Crippen molar-refractivity contribution in [2.24, 2.45) is 5.92 Å². The molecule has 0 saturated heterocycles. The van der Waals surface area contributed by atoms with Gasteiger partial charge in [0, 0.05) is 6.54 Å². The van der Waals surface area contributed by atoms with E-state index in [1.165, 1.54) is 5.56 Å². The molecule has 25 heavy (non-hydrogen) atoms. The standard InChI is InChI=1S/C21H31NO2S/c1-3-8-19(21(23)24)10-5-6-16-22-20(25)11-7-9-18-14-12-17(4-2)13-15-18/h4,12-15,19H,2-3,5-11,16H2,1H3,(H,22,25)(H,23,24). The fraction of sp³-hybridized carbons (Fsp3) is 0.524. The molecule has 1 rings (SSSR count). The third-order valence-corrected chi connectivity index (χ3v) is 4.72. The van der Waals surface area contributed by atoms with E-state index in [9.17, 15) is 4.79 Å². The van der Waals surface area contributed by atoms with Crippen molar-refractivity contribution in [3.05, 3.63) is 42.0 Å². The van der Waals surface area contributed by atoms with E-state index < -0.39 is 5.97 Å². The number of rotatable bonds is 13. The molecule has 0 aliphatic carbocycles. The number of hydrogen-bond acceptors (Lipinski definition) is 2. The Morgan fingerprint density at radius 1 is 1.24 bits per heavy atom.